The van der Waals surface area contributed by atoms with Crippen molar-refractivity contribution < 1.29 is 14.3 Å². The molecule has 0 aromatic carbocycles. The summed E-state index contributed by atoms with van der Waals surface area (Å²) in [6.07, 6.45) is 0.694. The van der Waals surface area contributed by atoms with Crippen molar-refractivity contribution in [1.29, 1.82) is 0 Å². The highest BCUT2D eigenvalue weighted by molar-refractivity contribution is 5.74. The first-order valence-corrected chi connectivity index (χ1v) is 5.43. The lowest BCUT2D eigenvalue weighted by molar-refractivity contribution is 0.142. The van der Waals surface area contributed by atoms with Gasteiger partial charge in [0.1, 0.15) is 11.9 Å². The van der Waals surface area contributed by atoms with Crippen LogP contribution in [0.4, 0.5) is 4.79 Å². The zero-order chi connectivity index (χ0) is 12.0. The van der Waals surface area contributed by atoms with Crippen molar-refractivity contribution in [2.45, 2.75) is 20.0 Å². The largest absolute Gasteiger partial charge is 0.467 e. The van der Waals surface area contributed by atoms with E-state index in [2.05, 4.69) is 5.32 Å². The molecule has 0 saturated heterocycles. The van der Waals surface area contributed by atoms with E-state index in [1.165, 1.54) is 6.26 Å². The van der Waals surface area contributed by atoms with E-state index in [9.17, 15) is 9.90 Å². The number of nitrogens with one attached hydrogen (secondary N) is 1. The van der Waals surface area contributed by atoms with E-state index in [4.69, 9.17) is 4.42 Å². The summed E-state index contributed by atoms with van der Waals surface area (Å²) in [7, 11) is 0. The lowest BCUT2D eigenvalue weighted by Crippen LogP contribution is -2.41. The van der Waals surface area contributed by atoms with Gasteiger partial charge < -0.3 is 19.7 Å². The standard InChI is InChI=1S/C11H18N2O3/c1-3-13(4-2)11(15)12-8-9(14)10-6-5-7-16-10/h5-7,9,14H,3-4,8H2,1-2H3,(H,12,15). The molecule has 0 radical (unpaired) electrons. The third-order valence-corrected chi connectivity index (χ3v) is 2.37. The average molecular weight is 226 g/mol. The third-order valence-electron chi connectivity index (χ3n) is 2.37. The Bertz CT molecular complexity index is 307. The highest BCUT2D eigenvalue weighted by atomic mass is 16.4. The molecule has 90 valence electrons. The summed E-state index contributed by atoms with van der Waals surface area (Å²) in [6, 6.07) is 3.20. The summed E-state index contributed by atoms with van der Waals surface area (Å²) in [5.41, 5.74) is 0. The van der Waals surface area contributed by atoms with Gasteiger partial charge >= 0.3 is 6.03 Å². The Morgan fingerprint density at radius 3 is 2.75 bits per heavy atom. The van der Waals surface area contributed by atoms with Crippen LogP contribution in [0.2, 0.25) is 0 Å². The monoisotopic (exact) mass is 226 g/mol. The Kier molecular flexibility index (Phi) is 4.85. The fourth-order valence-corrected chi connectivity index (χ4v) is 1.39. The fourth-order valence-electron chi connectivity index (χ4n) is 1.39. The maximum Gasteiger partial charge on any atom is 0.317 e. The lowest BCUT2D eigenvalue weighted by atomic mass is 10.3. The second-order valence-corrected chi connectivity index (χ2v) is 3.39. The van der Waals surface area contributed by atoms with E-state index >= 15 is 0 Å². The molecule has 0 aliphatic heterocycles. The summed E-state index contributed by atoms with van der Waals surface area (Å²) >= 11 is 0. The van der Waals surface area contributed by atoms with E-state index in [0.29, 0.717) is 18.8 Å². The van der Waals surface area contributed by atoms with Crippen LogP contribution in [0.3, 0.4) is 0 Å². The smallest absolute Gasteiger partial charge is 0.317 e. The molecule has 5 heteroatoms. The summed E-state index contributed by atoms with van der Waals surface area (Å²) in [5, 5.41) is 12.3. The van der Waals surface area contributed by atoms with Gasteiger partial charge in [0.25, 0.3) is 0 Å². The van der Waals surface area contributed by atoms with Crippen molar-refractivity contribution in [3.8, 4) is 0 Å². The van der Waals surface area contributed by atoms with Gasteiger partial charge in [0.05, 0.1) is 12.8 Å². The first kappa shape index (κ1) is 12.6. The lowest BCUT2D eigenvalue weighted by Gasteiger charge is -2.20. The Labute approximate surface area is 95.0 Å². The van der Waals surface area contributed by atoms with Crippen LogP contribution in [0.15, 0.2) is 22.8 Å². The third kappa shape index (κ3) is 3.27. The zero-order valence-corrected chi connectivity index (χ0v) is 9.64. The van der Waals surface area contributed by atoms with Crippen molar-refractivity contribution >= 4 is 6.03 Å². The fraction of sp³-hybridized carbons (Fsp3) is 0.545. The SMILES string of the molecule is CCN(CC)C(=O)NCC(O)c1ccco1. The van der Waals surface area contributed by atoms with E-state index in [0.717, 1.165) is 0 Å². The molecule has 1 atom stereocenters. The molecule has 0 saturated carbocycles. The second kappa shape index (κ2) is 6.17. The molecule has 16 heavy (non-hydrogen) atoms. The van der Waals surface area contributed by atoms with Crippen molar-refractivity contribution in [3.63, 3.8) is 0 Å². The molecular formula is C11H18N2O3. The molecule has 2 amide bonds. The molecule has 0 fully saturated rings. The normalized spacial score (nSPS) is 12.2. The molecule has 0 bridgehead atoms. The van der Waals surface area contributed by atoms with Crippen LogP contribution in [0.25, 0.3) is 0 Å². The molecule has 1 rings (SSSR count). The van der Waals surface area contributed by atoms with Crippen LogP contribution < -0.4 is 5.32 Å². The van der Waals surface area contributed by atoms with Gasteiger partial charge in [-0.2, -0.15) is 0 Å². The molecule has 1 aromatic rings. The van der Waals surface area contributed by atoms with Crippen LogP contribution in [0, 0.1) is 0 Å². The highest BCUT2D eigenvalue weighted by Crippen LogP contribution is 2.11. The van der Waals surface area contributed by atoms with Crippen molar-refractivity contribution in [3.05, 3.63) is 24.2 Å². The first-order chi connectivity index (χ1) is 7.69. The molecule has 1 heterocycles. The Balaban J connectivity index is 2.37. The molecule has 1 unspecified atom stereocenters. The average Bonchev–Trinajstić information content (AvgIpc) is 2.81. The van der Waals surface area contributed by atoms with Crippen LogP contribution >= 0.6 is 0 Å². The number of amides is 2. The minimum Gasteiger partial charge on any atom is -0.467 e. The number of carbonyl (C=O) groups excluding carboxylic acids is 1. The minimum absolute atomic E-state index is 0.156. The number of nitrogens with zero attached hydrogens (tertiary/aromatic N) is 1. The molecule has 1 aromatic heterocycles. The van der Waals surface area contributed by atoms with Gasteiger partial charge in [0.15, 0.2) is 0 Å². The number of carbonyl (C=O) groups is 1. The van der Waals surface area contributed by atoms with Gasteiger partial charge in [-0.1, -0.05) is 0 Å². The van der Waals surface area contributed by atoms with E-state index in [-0.39, 0.29) is 12.6 Å². The first-order valence-electron chi connectivity index (χ1n) is 5.43. The molecular weight excluding hydrogens is 208 g/mol. The Morgan fingerprint density at radius 2 is 2.25 bits per heavy atom. The van der Waals surface area contributed by atoms with Crippen LogP contribution in [0.1, 0.15) is 25.7 Å². The van der Waals surface area contributed by atoms with Crippen molar-refractivity contribution in [1.82, 2.24) is 10.2 Å². The zero-order valence-electron chi connectivity index (χ0n) is 9.64. The van der Waals surface area contributed by atoms with Crippen molar-refractivity contribution in [2.24, 2.45) is 0 Å². The topological polar surface area (TPSA) is 65.7 Å². The number of hydrogen-bond donors (Lipinski definition) is 2. The quantitative estimate of drug-likeness (QED) is 0.796. The molecule has 0 spiro atoms. The second-order valence-electron chi connectivity index (χ2n) is 3.39. The minimum atomic E-state index is -0.797. The van der Waals surface area contributed by atoms with Crippen LogP contribution in [0.5, 0.6) is 0 Å². The van der Waals surface area contributed by atoms with Gasteiger partial charge in [0.2, 0.25) is 0 Å². The summed E-state index contributed by atoms with van der Waals surface area (Å²) in [4.78, 5) is 13.2. The van der Waals surface area contributed by atoms with Gasteiger partial charge in [-0.05, 0) is 26.0 Å². The predicted molar refractivity (Wildman–Crippen MR) is 60.0 cm³/mol. The van der Waals surface area contributed by atoms with Gasteiger partial charge in [-0.25, -0.2) is 4.79 Å². The van der Waals surface area contributed by atoms with Gasteiger partial charge in [-0.3, -0.25) is 0 Å². The summed E-state index contributed by atoms with van der Waals surface area (Å²) in [6.45, 7) is 5.28. The Hall–Kier alpha value is -1.49. The Morgan fingerprint density at radius 1 is 1.56 bits per heavy atom. The summed E-state index contributed by atoms with van der Waals surface area (Å²) < 4.78 is 5.03. The molecule has 5 nitrogen and oxygen atoms in total. The molecule has 0 aliphatic rings. The summed E-state index contributed by atoms with van der Waals surface area (Å²) in [5.74, 6) is 0.458. The van der Waals surface area contributed by atoms with E-state index in [1.807, 2.05) is 13.8 Å². The van der Waals surface area contributed by atoms with E-state index in [1.54, 1.807) is 17.0 Å². The molecule has 2 N–H and O–H groups in total. The van der Waals surface area contributed by atoms with Gasteiger partial charge in [0, 0.05) is 13.1 Å². The highest BCUT2D eigenvalue weighted by Gasteiger charge is 2.14. The maximum absolute atomic E-state index is 11.6. The van der Waals surface area contributed by atoms with E-state index < -0.39 is 6.10 Å². The number of aliphatic hydroxyl groups excluding tert-OH is 1. The number of hydrogen-bond acceptors (Lipinski definition) is 3. The van der Waals surface area contributed by atoms with Crippen LogP contribution in [-0.2, 0) is 0 Å². The number of aliphatic hydroxyl groups is 1. The number of rotatable bonds is 5. The van der Waals surface area contributed by atoms with Gasteiger partial charge in [-0.15, -0.1) is 0 Å². The number of urea groups is 1. The number of furan rings is 1. The van der Waals surface area contributed by atoms with Crippen molar-refractivity contribution in [2.75, 3.05) is 19.6 Å². The molecule has 0 aliphatic carbocycles. The predicted octanol–water partition coefficient (Wildman–Crippen LogP) is 1.36. The maximum atomic E-state index is 11.6. The van der Waals surface area contributed by atoms with Crippen LogP contribution in [-0.4, -0.2) is 35.7 Å².